The van der Waals surface area contributed by atoms with Crippen molar-refractivity contribution in [2.24, 2.45) is 0 Å². The summed E-state index contributed by atoms with van der Waals surface area (Å²) in [6.45, 7) is 4.38. The predicted octanol–water partition coefficient (Wildman–Crippen LogP) is 3.09. The van der Waals surface area contributed by atoms with E-state index in [-0.39, 0.29) is 6.03 Å². The summed E-state index contributed by atoms with van der Waals surface area (Å²) in [5.41, 5.74) is 2.12. The monoisotopic (exact) mass is 339 g/mol. The van der Waals surface area contributed by atoms with Crippen LogP contribution in [0.2, 0.25) is 0 Å². The van der Waals surface area contributed by atoms with Crippen LogP contribution in [-0.4, -0.2) is 55.7 Å². The fourth-order valence-electron chi connectivity index (χ4n) is 3.01. The lowest BCUT2D eigenvalue weighted by Gasteiger charge is -2.34. The molecule has 0 unspecified atom stereocenters. The first-order valence-electron chi connectivity index (χ1n) is 8.71. The summed E-state index contributed by atoms with van der Waals surface area (Å²) >= 11 is 0. The number of anilines is 1. The van der Waals surface area contributed by atoms with E-state index in [1.807, 2.05) is 35.2 Å². The molecule has 1 heterocycles. The number of benzene rings is 2. The Morgan fingerprint density at radius 2 is 1.80 bits per heavy atom. The molecule has 0 bridgehead atoms. The number of ether oxygens (including phenoxy) is 1. The quantitative estimate of drug-likeness (QED) is 0.910. The summed E-state index contributed by atoms with van der Waals surface area (Å²) in [5, 5.41) is 2.95. The molecule has 5 nitrogen and oxygen atoms in total. The Labute approximate surface area is 149 Å². The normalized spacial score (nSPS) is 15.0. The number of nitrogens with one attached hydrogen (secondary N) is 1. The van der Waals surface area contributed by atoms with E-state index in [1.54, 1.807) is 7.11 Å². The lowest BCUT2D eigenvalue weighted by molar-refractivity contribution is 0.148. The van der Waals surface area contributed by atoms with E-state index < -0.39 is 0 Å². The van der Waals surface area contributed by atoms with Gasteiger partial charge >= 0.3 is 6.03 Å². The Morgan fingerprint density at radius 1 is 1.04 bits per heavy atom. The minimum atomic E-state index is -0.0454. The van der Waals surface area contributed by atoms with E-state index in [1.165, 1.54) is 5.56 Å². The van der Waals surface area contributed by atoms with Crippen molar-refractivity contribution in [1.82, 2.24) is 9.80 Å². The van der Waals surface area contributed by atoms with Crippen LogP contribution >= 0.6 is 0 Å². The number of amides is 2. The molecule has 0 aromatic heterocycles. The van der Waals surface area contributed by atoms with E-state index in [0.29, 0.717) is 0 Å². The van der Waals surface area contributed by atoms with Gasteiger partial charge in [0, 0.05) is 44.5 Å². The van der Waals surface area contributed by atoms with Crippen molar-refractivity contribution in [3.8, 4) is 5.75 Å². The number of carbonyl (C=O) groups is 1. The van der Waals surface area contributed by atoms with Gasteiger partial charge in [-0.2, -0.15) is 0 Å². The van der Waals surface area contributed by atoms with Gasteiger partial charge in [-0.3, -0.25) is 4.90 Å². The standard InChI is InChI=1S/C20H25N3O2/c1-25-19-9-5-8-18(16-19)21-20(24)23-14-12-22(13-15-23)11-10-17-6-3-2-4-7-17/h2-9,16H,10-15H2,1H3,(H,21,24). The van der Waals surface area contributed by atoms with Gasteiger partial charge in [0.2, 0.25) is 0 Å². The highest BCUT2D eigenvalue weighted by atomic mass is 16.5. The highest BCUT2D eigenvalue weighted by Crippen LogP contribution is 2.17. The largest absolute Gasteiger partial charge is 0.497 e. The van der Waals surface area contributed by atoms with Crippen LogP contribution in [0.4, 0.5) is 10.5 Å². The van der Waals surface area contributed by atoms with Crippen molar-refractivity contribution in [3.63, 3.8) is 0 Å². The first kappa shape index (κ1) is 17.3. The molecule has 1 aliphatic heterocycles. The zero-order valence-electron chi connectivity index (χ0n) is 14.6. The van der Waals surface area contributed by atoms with E-state index in [0.717, 1.165) is 50.6 Å². The molecular weight excluding hydrogens is 314 g/mol. The second-order valence-electron chi connectivity index (χ2n) is 6.23. The highest BCUT2D eigenvalue weighted by Gasteiger charge is 2.20. The van der Waals surface area contributed by atoms with Gasteiger partial charge in [0.15, 0.2) is 0 Å². The summed E-state index contributed by atoms with van der Waals surface area (Å²) in [5.74, 6) is 0.739. The zero-order chi connectivity index (χ0) is 17.5. The lowest BCUT2D eigenvalue weighted by Crippen LogP contribution is -2.50. The first-order chi connectivity index (χ1) is 12.2. The van der Waals surface area contributed by atoms with Crippen LogP contribution in [0.15, 0.2) is 54.6 Å². The second-order valence-corrected chi connectivity index (χ2v) is 6.23. The third-order valence-electron chi connectivity index (χ3n) is 4.54. The third-order valence-corrected chi connectivity index (χ3v) is 4.54. The van der Waals surface area contributed by atoms with Gasteiger partial charge in [-0.15, -0.1) is 0 Å². The number of rotatable bonds is 5. The molecule has 1 N–H and O–H groups in total. The number of nitrogens with zero attached hydrogens (tertiary/aromatic N) is 2. The Morgan fingerprint density at radius 3 is 2.52 bits per heavy atom. The third kappa shape index (κ3) is 4.97. The van der Waals surface area contributed by atoms with Crippen LogP contribution in [-0.2, 0) is 6.42 Å². The van der Waals surface area contributed by atoms with Gasteiger partial charge < -0.3 is 15.0 Å². The van der Waals surface area contributed by atoms with Crippen LogP contribution in [0, 0.1) is 0 Å². The second kappa shape index (κ2) is 8.53. The molecule has 1 fully saturated rings. The molecule has 0 saturated carbocycles. The molecule has 25 heavy (non-hydrogen) atoms. The minimum Gasteiger partial charge on any atom is -0.497 e. The molecule has 2 aromatic rings. The topological polar surface area (TPSA) is 44.8 Å². The molecule has 0 spiro atoms. The Hall–Kier alpha value is -2.53. The van der Waals surface area contributed by atoms with E-state index in [9.17, 15) is 4.79 Å². The van der Waals surface area contributed by atoms with Gasteiger partial charge in [-0.05, 0) is 24.1 Å². The maximum atomic E-state index is 12.4. The van der Waals surface area contributed by atoms with Crippen molar-refractivity contribution in [3.05, 3.63) is 60.2 Å². The summed E-state index contributed by atoms with van der Waals surface area (Å²) < 4.78 is 5.19. The maximum absolute atomic E-state index is 12.4. The van der Waals surface area contributed by atoms with Crippen LogP contribution in [0.3, 0.4) is 0 Å². The van der Waals surface area contributed by atoms with Gasteiger partial charge in [0.05, 0.1) is 7.11 Å². The summed E-state index contributed by atoms with van der Waals surface area (Å²) in [7, 11) is 1.62. The number of methoxy groups -OCH3 is 1. The van der Waals surface area contributed by atoms with Crippen molar-refractivity contribution in [2.45, 2.75) is 6.42 Å². The highest BCUT2D eigenvalue weighted by molar-refractivity contribution is 5.89. The van der Waals surface area contributed by atoms with Crippen molar-refractivity contribution < 1.29 is 9.53 Å². The molecule has 1 aliphatic rings. The average Bonchev–Trinajstić information content (AvgIpc) is 2.67. The fraction of sp³-hybridized carbons (Fsp3) is 0.350. The van der Waals surface area contributed by atoms with Crippen molar-refractivity contribution in [2.75, 3.05) is 45.2 Å². The number of hydrogen-bond donors (Lipinski definition) is 1. The average molecular weight is 339 g/mol. The number of hydrogen-bond acceptors (Lipinski definition) is 3. The molecule has 0 atom stereocenters. The molecule has 1 saturated heterocycles. The SMILES string of the molecule is COc1cccc(NC(=O)N2CCN(CCc3ccccc3)CC2)c1. The zero-order valence-corrected chi connectivity index (χ0v) is 14.6. The van der Waals surface area contributed by atoms with Gasteiger partial charge in [0.25, 0.3) is 0 Å². The Bertz CT molecular complexity index is 682. The van der Waals surface area contributed by atoms with Crippen LogP contribution in [0.5, 0.6) is 5.75 Å². The van der Waals surface area contributed by atoms with E-state index in [2.05, 4.69) is 34.5 Å². The molecule has 2 amide bonds. The van der Waals surface area contributed by atoms with Crippen molar-refractivity contribution >= 4 is 11.7 Å². The van der Waals surface area contributed by atoms with Crippen LogP contribution < -0.4 is 10.1 Å². The number of piperazine rings is 1. The molecule has 0 radical (unpaired) electrons. The maximum Gasteiger partial charge on any atom is 0.321 e. The summed E-state index contributed by atoms with van der Waals surface area (Å²) in [6.07, 6.45) is 1.05. The van der Waals surface area contributed by atoms with Crippen LogP contribution in [0.1, 0.15) is 5.56 Å². The van der Waals surface area contributed by atoms with Crippen LogP contribution in [0.25, 0.3) is 0 Å². The number of urea groups is 1. The van der Waals surface area contributed by atoms with Gasteiger partial charge in [-0.25, -0.2) is 4.79 Å². The minimum absolute atomic E-state index is 0.0454. The first-order valence-corrected chi connectivity index (χ1v) is 8.71. The molecule has 2 aromatic carbocycles. The predicted molar refractivity (Wildman–Crippen MR) is 100 cm³/mol. The summed E-state index contributed by atoms with van der Waals surface area (Å²) in [6, 6.07) is 17.9. The van der Waals surface area contributed by atoms with E-state index >= 15 is 0 Å². The number of carbonyl (C=O) groups excluding carboxylic acids is 1. The molecule has 0 aliphatic carbocycles. The van der Waals surface area contributed by atoms with Gasteiger partial charge in [0.1, 0.15) is 5.75 Å². The Balaban J connectivity index is 1.44. The van der Waals surface area contributed by atoms with Crippen molar-refractivity contribution in [1.29, 1.82) is 0 Å². The summed E-state index contributed by atoms with van der Waals surface area (Å²) in [4.78, 5) is 16.7. The fourth-order valence-corrected chi connectivity index (χ4v) is 3.01. The molecule has 5 heteroatoms. The lowest BCUT2D eigenvalue weighted by atomic mass is 10.1. The molecule has 3 rings (SSSR count). The van der Waals surface area contributed by atoms with E-state index in [4.69, 9.17) is 4.74 Å². The van der Waals surface area contributed by atoms with Gasteiger partial charge in [-0.1, -0.05) is 36.4 Å². The molecule has 132 valence electrons. The smallest absolute Gasteiger partial charge is 0.321 e. The molecular formula is C20H25N3O2. The Kier molecular flexibility index (Phi) is 5.90.